The van der Waals surface area contributed by atoms with Gasteiger partial charge in [-0.3, -0.25) is 0 Å². The predicted octanol–water partition coefficient (Wildman–Crippen LogP) is 0.942. The Balaban J connectivity index is 3.21. The van der Waals surface area contributed by atoms with Gasteiger partial charge in [0.1, 0.15) is 0 Å². The van der Waals surface area contributed by atoms with Crippen LogP contribution in [0.2, 0.25) is 0 Å². The highest BCUT2D eigenvalue weighted by molar-refractivity contribution is 5.89. The van der Waals surface area contributed by atoms with Crippen LogP contribution < -0.4 is 0 Å². The van der Waals surface area contributed by atoms with E-state index in [1.807, 2.05) is 0 Å². The van der Waals surface area contributed by atoms with Crippen LogP contribution in [0.5, 0.6) is 0 Å². The van der Waals surface area contributed by atoms with Crippen molar-refractivity contribution in [2.45, 2.75) is 6.10 Å². The van der Waals surface area contributed by atoms with Crippen LogP contribution >= 0.6 is 0 Å². The molecule has 0 bridgehead atoms. The molecule has 0 radical (unpaired) electrons. The summed E-state index contributed by atoms with van der Waals surface area (Å²) in [6.45, 7) is 0. The van der Waals surface area contributed by atoms with E-state index in [2.05, 4.69) is 0 Å². The Morgan fingerprint density at radius 1 is 1.46 bits per heavy atom. The number of carboxylic acids is 1. The van der Waals surface area contributed by atoms with Gasteiger partial charge in [-0.2, -0.15) is 5.26 Å². The summed E-state index contributed by atoms with van der Waals surface area (Å²) in [4.78, 5) is 10.6. The number of aliphatic hydroxyl groups is 1. The van der Waals surface area contributed by atoms with Crippen molar-refractivity contribution in [2.24, 2.45) is 0 Å². The summed E-state index contributed by atoms with van der Waals surface area (Å²) in [6.07, 6.45) is -1.38. The van der Waals surface area contributed by atoms with Crippen molar-refractivity contribution in [3.63, 3.8) is 0 Å². The normalized spacial score (nSPS) is 11.7. The number of carboxylic acid groups (broad SMARTS) is 1. The molecule has 1 rings (SSSR count). The first kappa shape index (κ1) is 9.23. The standard InChI is InChI=1S/C9H7NO3/c10-5-8(11)6-3-1-2-4-7(6)9(12)13/h1-4,8,11H,(H,12,13). The lowest BCUT2D eigenvalue weighted by molar-refractivity contribution is 0.0692. The zero-order chi connectivity index (χ0) is 9.84. The topological polar surface area (TPSA) is 81.3 Å². The van der Waals surface area contributed by atoms with Gasteiger partial charge in [0.15, 0.2) is 6.10 Å². The summed E-state index contributed by atoms with van der Waals surface area (Å²) in [7, 11) is 0. The predicted molar refractivity (Wildman–Crippen MR) is 44.0 cm³/mol. The SMILES string of the molecule is N#CC(O)c1ccccc1C(=O)O. The van der Waals surface area contributed by atoms with Gasteiger partial charge < -0.3 is 10.2 Å². The van der Waals surface area contributed by atoms with Crippen LogP contribution in [0, 0.1) is 11.3 Å². The average Bonchev–Trinajstić information content (AvgIpc) is 2.16. The number of rotatable bonds is 2. The molecule has 1 aromatic rings. The first-order chi connectivity index (χ1) is 6.16. The molecule has 0 spiro atoms. The van der Waals surface area contributed by atoms with E-state index in [0.717, 1.165) is 0 Å². The lowest BCUT2D eigenvalue weighted by Crippen LogP contribution is -2.05. The molecule has 0 saturated heterocycles. The number of nitrogens with zero attached hydrogens (tertiary/aromatic N) is 1. The molecular weight excluding hydrogens is 170 g/mol. The molecule has 1 atom stereocenters. The van der Waals surface area contributed by atoms with Gasteiger partial charge in [0, 0.05) is 5.56 Å². The van der Waals surface area contributed by atoms with Crippen molar-refractivity contribution in [3.8, 4) is 6.07 Å². The first-order valence-electron chi connectivity index (χ1n) is 3.56. The van der Waals surface area contributed by atoms with Crippen LogP contribution in [0.15, 0.2) is 24.3 Å². The summed E-state index contributed by atoms with van der Waals surface area (Å²) < 4.78 is 0. The van der Waals surface area contributed by atoms with Gasteiger partial charge in [0.2, 0.25) is 0 Å². The highest BCUT2D eigenvalue weighted by atomic mass is 16.4. The molecule has 0 aliphatic heterocycles. The molecule has 1 unspecified atom stereocenters. The molecule has 0 heterocycles. The van der Waals surface area contributed by atoms with E-state index in [4.69, 9.17) is 15.5 Å². The Morgan fingerprint density at radius 2 is 2.08 bits per heavy atom. The number of aliphatic hydroxyl groups excluding tert-OH is 1. The molecule has 0 amide bonds. The number of aromatic carboxylic acids is 1. The van der Waals surface area contributed by atoms with E-state index < -0.39 is 12.1 Å². The van der Waals surface area contributed by atoms with Gasteiger partial charge in [-0.25, -0.2) is 4.79 Å². The summed E-state index contributed by atoms with van der Waals surface area (Å²) in [6, 6.07) is 7.44. The minimum Gasteiger partial charge on any atom is -0.478 e. The largest absolute Gasteiger partial charge is 0.478 e. The van der Waals surface area contributed by atoms with Gasteiger partial charge in [0.05, 0.1) is 11.6 Å². The molecule has 0 aliphatic carbocycles. The first-order valence-corrected chi connectivity index (χ1v) is 3.56. The fraction of sp³-hybridized carbons (Fsp3) is 0.111. The lowest BCUT2D eigenvalue weighted by atomic mass is 10.0. The van der Waals surface area contributed by atoms with Crippen molar-refractivity contribution in [3.05, 3.63) is 35.4 Å². The summed E-state index contributed by atoms with van der Waals surface area (Å²) in [5.41, 5.74) is 0.0778. The van der Waals surface area contributed by atoms with Gasteiger partial charge in [0.25, 0.3) is 0 Å². The van der Waals surface area contributed by atoms with Gasteiger partial charge >= 0.3 is 5.97 Å². The second-order valence-electron chi connectivity index (χ2n) is 2.42. The molecule has 0 aromatic heterocycles. The maximum Gasteiger partial charge on any atom is 0.336 e. The van der Waals surface area contributed by atoms with Crippen LogP contribution in [-0.2, 0) is 0 Å². The molecule has 66 valence electrons. The third kappa shape index (κ3) is 1.83. The molecule has 4 heteroatoms. The highest BCUT2D eigenvalue weighted by Gasteiger charge is 2.14. The Kier molecular flexibility index (Phi) is 2.62. The second-order valence-corrected chi connectivity index (χ2v) is 2.42. The maximum atomic E-state index is 10.6. The number of nitriles is 1. The van der Waals surface area contributed by atoms with E-state index in [-0.39, 0.29) is 11.1 Å². The molecule has 0 aliphatic rings. The van der Waals surface area contributed by atoms with E-state index in [1.54, 1.807) is 12.1 Å². The second kappa shape index (κ2) is 3.70. The Labute approximate surface area is 74.7 Å². The fourth-order valence-electron chi connectivity index (χ4n) is 1.000. The zero-order valence-corrected chi connectivity index (χ0v) is 6.64. The minimum atomic E-state index is -1.38. The van der Waals surface area contributed by atoms with Gasteiger partial charge in [-0.15, -0.1) is 0 Å². The van der Waals surface area contributed by atoms with Crippen molar-refractivity contribution >= 4 is 5.97 Å². The van der Waals surface area contributed by atoms with E-state index in [1.165, 1.54) is 18.2 Å². The molecule has 0 fully saturated rings. The summed E-state index contributed by atoms with van der Waals surface area (Å²) >= 11 is 0. The molecule has 4 nitrogen and oxygen atoms in total. The number of benzene rings is 1. The maximum absolute atomic E-state index is 10.6. The molecule has 0 saturated carbocycles. The van der Waals surface area contributed by atoms with Crippen molar-refractivity contribution in [1.29, 1.82) is 5.26 Å². The smallest absolute Gasteiger partial charge is 0.336 e. The van der Waals surface area contributed by atoms with Crippen molar-refractivity contribution in [2.75, 3.05) is 0 Å². The average molecular weight is 177 g/mol. The lowest BCUT2D eigenvalue weighted by Gasteiger charge is -2.05. The van der Waals surface area contributed by atoms with Crippen molar-refractivity contribution < 1.29 is 15.0 Å². The molecule has 2 N–H and O–H groups in total. The number of hydrogen-bond donors (Lipinski definition) is 2. The molecule has 1 aromatic carbocycles. The van der Waals surface area contributed by atoms with Gasteiger partial charge in [-0.1, -0.05) is 18.2 Å². The fourth-order valence-corrected chi connectivity index (χ4v) is 1.000. The quantitative estimate of drug-likeness (QED) is 0.658. The monoisotopic (exact) mass is 177 g/mol. The Morgan fingerprint density at radius 3 is 2.62 bits per heavy atom. The van der Waals surface area contributed by atoms with Crippen LogP contribution in [0.4, 0.5) is 0 Å². The third-order valence-electron chi connectivity index (χ3n) is 1.61. The molecular formula is C9H7NO3. The Bertz CT molecular complexity index is 367. The Hall–Kier alpha value is -1.86. The highest BCUT2D eigenvalue weighted by Crippen LogP contribution is 2.16. The summed E-state index contributed by atoms with van der Waals surface area (Å²) in [5, 5.41) is 26.2. The van der Waals surface area contributed by atoms with Crippen LogP contribution in [0.25, 0.3) is 0 Å². The van der Waals surface area contributed by atoms with Crippen LogP contribution in [0.1, 0.15) is 22.0 Å². The van der Waals surface area contributed by atoms with E-state index >= 15 is 0 Å². The van der Waals surface area contributed by atoms with Crippen LogP contribution in [0.3, 0.4) is 0 Å². The van der Waals surface area contributed by atoms with E-state index in [0.29, 0.717) is 0 Å². The molecule has 13 heavy (non-hydrogen) atoms. The zero-order valence-electron chi connectivity index (χ0n) is 6.64. The number of hydrogen-bond acceptors (Lipinski definition) is 3. The van der Waals surface area contributed by atoms with E-state index in [9.17, 15) is 4.79 Å². The summed E-state index contributed by atoms with van der Waals surface area (Å²) in [5.74, 6) is -1.15. The third-order valence-corrected chi connectivity index (χ3v) is 1.61. The minimum absolute atomic E-state index is 0.0449. The number of carbonyl (C=O) groups is 1. The van der Waals surface area contributed by atoms with Crippen molar-refractivity contribution in [1.82, 2.24) is 0 Å². The van der Waals surface area contributed by atoms with Gasteiger partial charge in [-0.05, 0) is 6.07 Å². The van der Waals surface area contributed by atoms with Crippen LogP contribution in [-0.4, -0.2) is 16.2 Å².